The molecular weight excluding hydrogens is 314 g/mol. The summed E-state index contributed by atoms with van der Waals surface area (Å²) in [6.07, 6.45) is 5.65. The van der Waals surface area contributed by atoms with Crippen molar-refractivity contribution in [2.24, 2.45) is 0 Å². The summed E-state index contributed by atoms with van der Waals surface area (Å²) >= 11 is 3.49. The van der Waals surface area contributed by atoms with Crippen LogP contribution in [-0.4, -0.2) is 36.7 Å². The van der Waals surface area contributed by atoms with Crippen LogP contribution in [0.1, 0.15) is 44.1 Å². The first-order valence-corrected chi connectivity index (χ1v) is 8.52. The van der Waals surface area contributed by atoms with Crippen molar-refractivity contribution in [2.45, 2.75) is 56.7 Å². The Balaban J connectivity index is 1.51. The average Bonchev–Trinajstić information content (AvgIpc) is 2.66. The lowest BCUT2D eigenvalue weighted by Gasteiger charge is -2.36. The van der Waals surface area contributed by atoms with Crippen LogP contribution < -0.4 is 0 Å². The normalized spacial score (nSPS) is 31.4. The maximum absolute atomic E-state index is 6.22. The van der Waals surface area contributed by atoms with Crippen LogP contribution >= 0.6 is 15.9 Å². The fourth-order valence-corrected chi connectivity index (χ4v) is 3.93. The minimum atomic E-state index is 0.473. The standard InChI is InChI=1S/C17H24BrNO/c1-12(13-3-5-14(18)6-4-13)11-20-17-9-15-7-8-16(10-17)19(15)2/h3-6,12,15-17H,7-11H2,1-2H3/t12-,15-,16+,17?/m0/s1. The highest BCUT2D eigenvalue weighted by Gasteiger charge is 2.38. The van der Waals surface area contributed by atoms with Gasteiger partial charge in [-0.2, -0.15) is 0 Å². The lowest BCUT2D eigenvalue weighted by Crippen LogP contribution is -2.43. The monoisotopic (exact) mass is 337 g/mol. The van der Waals surface area contributed by atoms with E-state index in [9.17, 15) is 0 Å². The number of nitrogens with zero attached hydrogens (tertiary/aromatic N) is 1. The van der Waals surface area contributed by atoms with Gasteiger partial charge in [0.25, 0.3) is 0 Å². The van der Waals surface area contributed by atoms with Crippen LogP contribution in [0.3, 0.4) is 0 Å². The van der Waals surface area contributed by atoms with Crippen molar-refractivity contribution in [3.8, 4) is 0 Å². The average molecular weight is 338 g/mol. The van der Waals surface area contributed by atoms with Crippen LogP contribution in [0.5, 0.6) is 0 Å². The molecule has 0 radical (unpaired) electrons. The molecule has 0 saturated carbocycles. The summed E-state index contributed by atoms with van der Waals surface area (Å²) in [5, 5.41) is 0. The van der Waals surface area contributed by atoms with E-state index in [0.29, 0.717) is 12.0 Å². The lowest BCUT2D eigenvalue weighted by molar-refractivity contribution is -0.0165. The predicted octanol–water partition coefficient (Wildman–Crippen LogP) is 4.19. The molecule has 1 unspecified atom stereocenters. The number of benzene rings is 1. The number of fused-ring (bicyclic) bond motifs is 2. The van der Waals surface area contributed by atoms with Crippen LogP contribution in [0.15, 0.2) is 28.7 Å². The van der Waals surface area contributed by atoms with Gasteiger partial charge in [0.1, 0.15) is 0 Å². The fraction of sp³-hybridized carbons (Fsp3) is 0.647. The quantitative estimate of drug-likeness (QED) is 0.816. The zero-order valence-corrected chi connectivity index (χ0v) is 14.0. The maximum Gasteiger partial charge on any atom is 0.0605 e. The Bertz CT molecular complexity index is 433. The van der Waals surface area contributed by atoms with Crippen LogP contribution in [0.4, 0.5) is 0 Å². The van der Waals surface area contributed by atoms with E-state index in [4.69, 9.17) is 4.74 Å². The highest BCUT2D eigenvalue weighted by Crippen LogP contribution is 2.35. The third-order valence-electron chi connectivity index (χ3n) is 5.08. The lowest BCUT2D eigenvalue weighted by atomic mass is 9.99. The minimum absolute atomic E-state index is 0.473. The second-order valence-corrected chi connectivity index (χ2v) is 7.35. The Morgan fingerprint density at radius 1 is 1.20 bits per heavy atom. The van der Waals surface area contributed by atoms with Gasteiger partial charge < -0.3 is 9.64 Å². The Morgan fingerprint density at radius 3 is 2.40 bits per heavy atom. The number of piperidine rings is 1. The number of halogens is 1. The maximum atomic E-state index is 6.22. The largest absolute Gasteiger partial charge is 0.377 e. The summed E-state index contributed by atoms with van der Waals surface area (Å²) in [6.45, 7) is 3.10. The molecule has 2 bridgehead atoms. The van der Waals surface area contributed by atoms with E-state index in [-0.39, 0.29) is 0 Å². The summed E-state index contributed by atoms with van der Waals surface area (Å²) in [5.41, 5.74) is 1.36. The number of hydrogen-bond donors (Lipinski definition) is 0. The van der Waals surface area contributed by atoms with Crippen molar-refractivity contribution in [1.82, 2.24) is 4.90 Å². The molecule has 0 spiro atoms. The Kier molecular flexibility index (Phi) is 4.49. The smallest absolute Gasteiger partial charge is 0.0605 e. The van der Waals surface area contributed by atoms with Crippen molar-refractivity contribution in [1.29, 1.82) is 0 Å². The fourth-order valence-electron chi connectivity index (χ4n) is 3.67. The topological polar surface area (TPSA) is 12.5 Å². The van der Waals surface area contributed by atoms with Crippen LogP contribution in [-0.2, 0) is 4.74 Å². The number of rotatable bonds is 4. The van der Waals surface area contributed by atoms with Gasteiger partial charge in [-0.15, -0.1) is 0 Å². The molecule has 1 aromatic rings. The molecular formula is C17H24BrNO. The summed E-state index contributed by atoms with van der Waals surface area (Å²) < 4.78 is 7.36. The summed E-state index contributed by atoms with van der Waals surface area (Å²) in [5.74, 6) is 0.473. The van der Waals surface area contributed by atoms with Gasteiger partial charge in [-0.1, -0.05) is 35.0 Å². The molecule has 2 aliphatic heterocycles. The van der Waals surface area contributed by atoms with Crippen molar-refractivity contribution in [3.05, 3.63) is 34.3 Å². The second-order valence-electron chi connectivity index (χ2n) is 6.43. The molecule has 4 atom stereocenters. The number of ether oxygens (including phenoxy) is 1. The third-order valence-corrected chi connectivity index (χ3v) is 5.60. The van der Waals surface area contributed by atoms with Gasteiger partial charge in [-0.25, -0.2) is 0 Å². The van der Waals surface area contributed by atoms with Gasteiger partial charge >= 0.3 is 0 Å². The predicted molar refractivity (Wildman–Crippen MR) is 86.1 cm³/mol. The van der Waals surface area contributed by atoms with Crippen LogP contribution in [0.2, 0.25) is 0 Å². The van der Waals surface area contributed by atoms with Crippen LogP contribution in [0.25, 0.3) is 0 Å². The van der Waals surface area contributed by atoms with E-state index in [1.54, 1.807) is 0 Å². The summed E-state index contributed by atoms with van der Waals surface area (Å²) in [6, 6.07) is 10.1. The van der Waals surface area contributed by atoms with Gasteiger partial charge in [0.2, 0.25) is 0 Å². The van der Waals surface area contributed by atoms with Gasteiger partial charge in [-0.05, 0) is 50.4 Å². The molecule has 110 valence electrons. The molecule has 20 heavy (non-hydrogen) atoms. The molecule has 2 saturated heterocycles. The van der Waals surface area contributed by atoms with Crippen molar-refractivity contribution in [3.63, 3.8) is 0 Å². The van der Waals surface area contributed by atoms with Crippen molar-refractivity contribution in [2.75, 3.05) is 13.7 Å². The SMILES string of the molecule is C[C@@H](COC1C[C@H]2CC[C@@H](C1)N2C)c1ccc(Br)cc1. The molecule has 0 aliphatic carbocycles. The molecule has 2 aliphatic rings. The molecule has 0 aromatic heterocycles. The van der Waals surface area contributed by atoms with Gasteiger partial charge in [-0.3, -0.25) is 0 Å². The molecule has 1 aromatic carbocycles. The molecule has 2 heterocycles. The second kappa shape index (κ2) is 6.17. The first kappa shape index (κ1) is 14.6. The molecule has 2 nitrogen and oxygen atoms in total. The van der Waals surface area contributed by atoms with E-state index in [2.05, 4.69) is 59.1 Å². The molecule has 3 heteroatoms. The molecule has 0 N–H and O–H groups in total. The third kappa shape index (κ3) is 3.10. The van der Waals surface area contributed by atoms with Crippen LogP contribution in [0, 0.1) is 0 Å². The highest BCUT2D eigenvalue weighted by atomic mass is 79.9. The minimum Gasteiger partial charge on any atom is -0.377 e. The number of hydrogen-bond acceptors (Lipinski definition) is 2. The summed E-state index contributed by atoms with van der Waals surface area (Å²) in [4.78, 5) is 2.57. The Hall–Kier alpha value is -0.380. The van der Waals surface area contributed by atoms with E-state index in [1.165, 1.54) is 31.2 Å². The summed E-state index contributed by atoms with van der Waals surface area (Å²) in [7, 11) is 2.28. The first-order chi connectivity index (χ1) is 9.63. The highest BCUT2D eigenvalue weighted by molar-refractivity contribution is 9.10. The van der Waals surface area contributed by atoms with E-state index in [1.807, 2.05) is 0 Å². The van der Waals surface area contributed by atoms with E-state index < -0.39 is 0 Å². The molecule has 0 amide bonds. The molecule has 2 fully saturated rings. The van der Waals surface area contributed by atoms with Crippen molar-refractivity contribution >= 4 is 15.9 Å². The zero-order valence-electron chi connectivity index (χ0n) is 12.4. The van der Waals surface area contributed by atoms with Gasteiger partial charge in [0.15, 0.2) is 0 Å². The molecule has 3 rings (SSSR count). The zero-order chi connectivity index (χ0) is 14.1. The van der Waals surface area contributed by atoms with E-state index in [0.717, 1.165) is 23.2 Å². The first-order valence-electron chi connectivity index (χ1n) is 7.72. The Morgan fingerprint density at radius 2 is 1.80 bits per heavy atom. The van der Waals surface area contributed by atoms with Crippen molar-refractivity contribution < 1.29 is 4.74 Å². The van der Waals surface area contributed by atoms with Gasteiger partial charge in [0, 0.05) is 22.5 Å². The van der Waals surface area contributed by atoms with Gasteiger partial charge in [0.05, 0.1) is 12.7 Å². The Labute approximate surface area is 130 Å². The van der Waals surface area contributed by atoms with E-state index >= 15 is 0 Å².